The standard InChI is InChI=1S/C17H16N4O2/c22-12-16(23)15-8-6-14(7-9-15)11-21-19-17(18-20-21)10-13-4-2-1-3-5-13/h1-9,22H,10-12H2. The van der Waals surface area contributed by atoms with Gasteiger partial charge in [-0.3, -0.25) is 4.79 Å². The van der Waals surface area contributed by atoms with Crippen LogP contribution in [-0.4, -0.2) is 37.7 Å². The first kappa shape index (κ1) is 15.1. The SMILES string of the molecule is O=C(CO)c1ccc(Cn2nnc(Cc3ccccc3)n2)cc1. The summed E-state index contributed by atoms with van der Waals surface area (Å²) in [6.45, 7) is 0.00219. The molecule has 0 amide bonds. The van der Waals surface area contributed by atoms with E-state index in [-0.39, 0.29) is 5.78 Å². The number of rotatable bonds is 6. The monoisotopic (exact) mass is 308 g/mol. The Labute approximate surface area is 133 Å². The van der Waals surface area contributed by atoms with Crippen molar-refractivity contribution in [2.75, 3.05) is 6.61 Å². The quantitative estimate of drug-likeness (QED) is 0.698. The summed E-state index contributed by atoms with van der Waals surface area (Å²) in [6, 6.07) is 17.0. The van der Waals surface area contributed by atoms with Gasteiger partial charge in [0.1, 0.15) is 6.61 Å². The zero-order valence-electron chi connectivity index (χ0n) is 12.5. The predicted molar refractivity (Wildman–Crippen MR) is 84.0 cm³/mol. The van der Waals surface area contributed by atoms with Crippen LogP contribution in [0.15, 0.2) is 54.6 Å². The second-order valence-electron chi connectivity index (χ2n) is 5.18. The third kappa shape index (κ3) is 3.87. The average molecular weight is 308 g/mol. The van der Waals surface area contributed by atoms with Crippen LogP contribution in [-0.2, 0) is 13.0 Å². The van der Waals surface area contributed by atoms with Crippen molar-refractivity contribution in [3.05, 3.63) is 77.1 Å². The summed E-state index contributed by atoms with van der Waals surface area (Å²) in [4.78, 5) is 12.9. The molecule has 0 radical (unpaired) electrons. The van der Waals surface area contributed by atoms with Crippen molar-refractivity contribution in [1.29, 1.82) is 0 Å². The largest absolute Gasteiger partial charge is 0.388 e. The number of carbonyl (C=O) groups excluding carboxylic acids is 1. The van der Waals surface area contributed by atoms with E-state index < -0.39 is 6.61 Å². The van der Waals surface area contributed by atoms with Gasteiger partial charge in [-0.1, -0.05) is 54.6 Å². The van der Waals surface area contributed by atoms with Crippen LogP contribution in [0.4, 0.5) is 0 Å². The Bertz CT molecular complexity index is 782. The van der Waals surface area contributed by atoms with Crippen molar-refractivity contribution in [2.24, 2.45) is 0 Å². The minimum absolute atomic E-state index is 0.291. The Kier molecular flexibility index (Phi) is 4.54. The van der Waals surface area contributed by atoms with Crippen LogP contribution in [0.25, 0.3) is 0 Å². The van der Waals surface area contributed by atoms with E-state index in [9.17, 15) is 4.79 Å². The lowest BCUT2D eigenvalue weighted by atomic mass is 10.1. The van der Waals surface area contributed by atoms with Gasteiger partial charge in [0.25, 0.3) is 0 Å². The fourth-order valence-electron chi connectivity index (χ4n) is 2.24. The van der Waals surface area contributed by atoms with E-state index in [4.69, 9.17) is 5.11 Å². The number of tetrazole rings is 1. The van der Waals surface area contributed by atoms with Gasteiger partial charge in [-0.25, -0.2) is 0 Å². The summed E-state index contributed by atoms with van der Waals surface area (Å²) < 4.78 is 0. The van der Waals surface area contributed by atoms with Crippen LogP contribution in [0.2, 0.25) is 0 Å². The molecule has 0 bridgehead atoms. The minimum atomic E-state index is -0.479. The number of hydrogen-bond donors (Lipinski definition) is 1. The lowest BCUT2D eigenvalue weighted by Crippen LogP contribution is -2.06. The van der Waals surface area contributed by atoms with Crippen LogP contribution in [0.3, 0.4) is 0 Å². The molecule has 0 atom stereocenters. The van der Waals surface area contributed by atoms with E-state index in [0.717, 1.165) is 11.1 Å². The van der Waals surface area contributed by atoms with Gasteiger partial charge in [-0.2, -0.15) is 4.80 Å². The third-order valence-electron chi connectivity index (χ3n) is 3.44. The molecule has 2 aromatic carbocycles. The fraction of sp³-hybridized carbons (Fsp3) is 0.176. The van der Waals surface area contributed by atoms with Crippen molar-refractivity contribution < 1.29 is 9.90 Å². The second kappa shape index (κ2) is 6.93. The summed E-state index contributed by atoms with van der Waals surface area (Å²) >= 11 is 0. The Balaban J connectivity index is 1.66. The van der Waals surface area contributed by atoms with E-state index in [1.54, 1.807) is 12.1 Å². The number of aliphatic hydroxyl groups is 1. The number of nitrogens with zero attached hydrogens (tertiary/aromatic N) is 4. The smallest absolute Gasteiger partial charge is 0.188 e. The summed E-state index contributed by atoms with van der Waals surface area (Å²) in [7, 11) is 0. The molecule has 0 fully saturated rings. The molecule has 1 heterocycles. The average Bonchev–Trinajstić information content (AvgIpc) is 3.02. The van der Waals surface area contributed by atoms with Crippen LogP contribution >= 0.6 is 0 Å². The maximum absolute atomic E-state index is 11.4. The molecule has 6 nitrogen and oxygen atoms in total. The number of aromatic nitrogens is 4. The van der Waals surface area contributed by atoms with Crippen molar-refractivity contribution in [2.45, 2.75) is 13.0 Å². The number of aliphatic hydroxyl groups excluding tert-OH is 1. The molecule has 23 heavy (non-hydrogen) atoms. The van der Waals surface area contributed by atoms with Crippen molar-refractivity contribution >= 4 is 5.78 Å². The molecule has 116 valence electrons. The molecular formula is C17H16N4O2. The Hall–Kier alpha value is -2.86. The second-order valence-corrected chi connectivity index (χ2v) is 5.18. The predicted octanol–water partition coefficient (Wildman–Crippen LogP) is 1.49. The first-order valence-electron chi connectivity index (χ1n) is 7.28. The molecule has 0 aliphatic rings. The van der Waals surface area contributed by atoms with Crippen LogP contribution < -0.4 is 0 Å². The van der Waals surface area contributed by atoms with Gasteiger partial charge in [0.15, 0.2) is 11.6 Å². The Morgan fingerprint density at radius 1 is 1.00 bits per heavy atom. The molecule has 0 saturated carbocycles. The normalized spacial score (nSPS) is 10.7. The zero-order chi connectivity index (χ0) is 16.1. The molecule has 0 aliphatic carbocycles. The fourth-order valence-corrected chi connectivity index (χ4v) is 2.24. The molecule has 0 unspecified atom stereocenters. The van der Waals surface area contributed by atoms with Gasteiger partial charge < -0.3 is 5.11 Å². The van der Waals surface area contributed by atoms with E-state index in [0.29, 0.717) is 24.4 Å². The maximum atomic E-state index is 11.4. The van der Waals surface area contributed by atoms with E-state index >= 15 is 0 Å². The molecular weight excluding hydrogens is 292 g/mol. The van der Waals surface area contributed by atoms with E-state index in [1.165, 1.54) is 4.80 Å². The summed E-state index contributed by atoms with van der Waals surface area (Å²) in [6.07, 6.45) is 0.644. The van der Waals surface area contributed by atoms with E-state index in [2.05, 4.69) is 15.4 Å². The molecule has 1 N–H and O–H groups in total. The first-order chi connectivity index (χ1) is 11.2. The third-order valence-corrected chi connectivity index (χ3v) is 3.44. The van der Waals surface area contributed by atoms with Gasteiger partial charge in [-0.15, -0.1) is 10.2 Å². The van der Waals surface area contributed by atoms with Gasteiger partial charge >= 0.3 is 0 Å². The molecule has 3 rings (SSSR count). The van der Waals surface area contributed by atoms with Gasteiger partial charge in [0.05, 0.1) is 6.54 Å². The highest BCUT2D eigenvalue weighted by Crippen LogP contribution is 2.07. The Morgan fingerprint density at radius 2 is 1.74 bits per heavy atom. The highest BCUT2D eigenvalue weighted by atomic mass is 16.3. The molecule has 6 heteroatoms. The summed E-state index contributed by atoms with van der Waals surface area (Å²) in [5, 5.41) is 21.3. The van der Waals surface area contributed by atoms with Gasteiger partial charge in [0, 0.05) is 12.0 Å². The number of hydrogen-bond acceptors (Lipinski definition) is 5. The topological polar surface area (TPSA) is 80.9 Å². The summed E-state index contributed by atoms with van der Waals surface area (Å²) in [5.41, 5.74) is 2.59. The number of carbonyl (C=O) groups is 1. The number of Topliss-reactive ketones (excluding diaryl/α,β-unsaturated/α-hetero) is 1. The highest BCUT2D eigenvalue weighted by molar-refractivity contribution is 5.96. The van der Waals surface area contributed by atoms with Gasteiger partial charge in [0.2, 0.25) is 0 Å². The molecule has 0 saturated heterocycles. The number of ketones is 1. The summed E-state index contributed by atoms with van der Waals surface area (Å²) in [5.74, 6) is 0.379. The molecule has 1 aromatic heterocycles. The lowest BCUT2D eigenvalue weighted by molar-refractivity contribution is 0.0903. The Morgan fingerprint density at radius 3 is 2.43 bits per heavy atom. The van der Waals surface area contributed by atoms with Crippen molar-refractivity contribution in [1.82, 2.24) is 20.2 Å². The lowest BCUT2D eigenvalue weighted by Gasteiger charge is -2.01. The minimum Gasteiger partial charge on any atom is -0.388 e. The van der Waals surface area contributed by atoms with Crippen LogP contribution in [0, 0.1) is 0 Å². The van der Waals surface area contributed by atoms with E-state index in [1.807, 2.05) is 42.5 Å². The molecule has 0 spiro atoms. The van der Waals surface area contributed by atoms with Crippen LogP contribution in [0.1, 0.15) is 27.3 Å². The van der Waals surface area contributed by atoms with Crippen molar-refractivity contribution in [3.8, 4) is 0 Å². The number of benzene rings is 2. The van der Waals surface area contributed by atoms with Crippen LogP contribution in [0.5, 0.6) is 0 Å². The highest BCUT2D eigenvalue weighted by Gasteiger charge is 2.06. The maximum Gasteiger partial charge on any atom is 0.188 e. The van der Waals surface area contributed by atoms with Crippen molar-refractivity contribution in [3.63, 3.8) is 0 Å². The molecule has 0 aliphatic heterocycles. The van der Waals surface area contributed by atoms with Gasteiger partial charge in [-0.05, 0) is 16.3 Å². The molecule has 3 aromatic rings. The first-order valence-corrected chi connectivity index (χ1v) is 7.28. The zero-order valence-corrected chi connectivity index (χ0v) is 12.5.